The van der Waals surface area contributed by atoms with E-state index in [2.05, 4.69) is 126 Å². The quantitative estimate of drug-likeness (QED) is 0.0198. The second-order valence-corrected chi connectivity index (χ2v) is 39.9. The van der Waals surface area contributed by atoms with Gasteiger partial charge in [-0.3, -0.25) is 0 Å². The highest BCUT2D eigenvalue weighted by Crippen LogP contribution is 2.54. The third-order valence-corrected chi connectivity index (χ3v) is 31.5. The average molecular weight is 2140 g/mol. The van der Waals surface area contributed by atoms with Gasteiger partial charge >= 0.3 is 0 Å². The zero-order valence-electron chi connectivity index (χ0n) is 80.4. The van der Waals surface area contributed by atoms with Crippen LogP contribution in [0.5, 0.6) is 0 Å². The number of alkyl halides is 2. The number of rotatable bonds is 20. The van der Waals surface area contributed by atoms with Gasteiger partial charge in [-0.25, -0.2) is 90.7 Å². The van der Waals surface area contributed by atoms with Crippen LogP contribution in [0.3, 0.4) is 0 Å². The number of nitrogens with one attached hydrogen (secondary N) is 2. The number of fused-ring (bicyclic) bond motifs is 6. The normalized spacial score (nSPS) is 27.3. The van der Waals surface area contributed by atoms with Crippen molar-refractivity contribution in [1.82, 2.24) is 133 Å². The second-order valence-electron chi connectivity index (χ2n) is 36.3. The summed E-state index contributed by atoms with van der Waals surface area (Å²) in [4.78, 5) is 54.3. The molecule has 18 aromatic rings. The maximum atomic E-state index is 14.7. The molecule has 0 saturated carbocycles. The van der Waals surface area contributed by atoms with Crippen molar-refractivity contribution in [3.63, 3.8) is 0 Å². The molecule has 6 aliphatic rings. The highest BCUT2D eigenvalue weighted by atomic mass is 32.1. The van der Waals surface area contributed by atoms with Crippen LogP contribution in [0.15, 0.2) is 150 Å². The molecule has 24 heterocycles. The number of nitrogen functional groups attached to an aromatic ring is 6. The minimum absolute atomic E-state index is 0.0407. The minimum Gasteiger partial charge on any atom is -0.394 e. The van der Waals surface area contributed by atoms with E-state index in [1.54, 1.807) is 94.3 Å². The Labute approximate surface area is 861 Å². The Kier molecular flexibility index (Phi) is 29.8. The molecule has 18 aromatic heterocycles. The number of aliphatic hydroxyl groups excluding tert-OH is 9. The fourth-order valence-corrected chi connectivity index (χ4v) is 22.3. The second kappa shape index (κ2) is 43.1. The third-order valence-electron chi connectivity index (χ3n) is 28.2. The maximum Gasteiger partial charge on any atom is 0.175 e. The lowest BCUT2D eigenvalue weighted by atomic mass is 9.86. The molecular weight excluding hydrogens is 2030 g/mol. The van der Waals surface area contributed by atoms with Crippen LogP contribution in [0, 0.1) is 41.4 Å². The van der Waals surface area contributed by atoms with Gasteiger partial charge < -0.3 is 114 Å². The Bertz CT molecular complexity index is 7130. The standard InChI is InChI=1S/C16H18N8O2S.C15H16FN5O2S.C15H16N8O3S.C15H18N6O3.C15H17N5O3S.C14H16FN7O2/c1-8-9(2)16(6-25,22-23-18)26-13(8)11-5-10(15-19-3-4-27-15)12-14(17)20-7-21-24(11)12;1-7-10(5-22)23-13(11(7)16)9-4-8(15-18-2-3-24-15)12-14(17)19-6-20-21(9)12;1-7-11(25)12(26-15(7,5-24)21-22-17)9-4-8(14-18-2-3-27-14)10-13(16)19-6-20-23(9)10;1-7-11(4-22)24-14(13(7)23)10-2-8(9-3-17-5-18-9)12-15(16)19-6-20-21(10)12;1-7-10(5-21)23-13(12(7)22)9-4-8(15-17-2-3-24-15)11-14(16)18-6-19-20(9)11;1-6-10(4-23)24-13(11(6)15)9-2-7(8-3-18-21-20-8)12-14(16)17-5-19-22(9)12/h3-5,7-9,13,25H,6H2,1-2H3,(H2,17,20,21);2-4,6-7,10-11,13,22H,5H2,1H3,(H2,17,19,20);2-4,6-7,11-12,24-25H,5H2,1H3,(H2,16,19,20);2-3,5-7,11,13-14,22-23H,4H2,1H3,(H,17,18)(H2,16,19,20);2-4,6-7,10,12-13,21-22H,5H2,1H3,(H2,16,18,19);2-3,5-6,10-11,13,23H,4H2,1H3,(H2,16,17,19)(H,18,20,21)/t8-,9+,13-,16-;7-,10-,11+,13+;7-,11-,12-,15+;7-,11-,13+,14+;7-,10-,12+,13+;6-,10-,11+,13+/m110111/s1. The van der Waals surface area contributed by atoms with E-state index in [1.807, 2.05) is 67.4 Å². The Morgan fingerprint density at radius 2 is 0.693 bits per heavy atom. The van der Waals surface area contributed by atoms with Crippen LogP contribution in [0.25, 0.3) is 119 Å². The maximum absolute atomic E-state index is 14.7. The van der Waals surface area contributed by atoms with Gasteiger partial charge in [0.15, 0.2) is 46.4 Å². The van der Waals surface area contributed by atoms with Crippen LogP contribution in [-0.2, 0) is 28.4 Å². The summed E-state index contributed by atoms with van der Waals surface area (Å²) >= 11 is 5.84. The van der Waals surface area contributed by atoms with Gasteiger partial charge in [0.2, 0.25) is 0 Å². The van der Waals surface area contributed by atoms with Crippen molar-refractivity contribution in [3.8, 4) is 64.8 Å². The number of aromatic nitrogens is 27. The lowest BCUT2D eigenvalue weighted by Crippen LogP contribution is -2.37. The predicted molar refractivity (Wildman–Crippen MR) is 538 cm³/mol. The van der Waals surface area contributed by atoms with Crippen LogP contribution < -0.4 is 34.4 Å². The first-order chi connectivity index (χ1) is 72.5. The molecule has 60 heteroatoms. The first-order valence-corrected chi connectivity index (χ1v) is 50.3. The smallest absolute Gasteiger partial charge is 0.175 e. The molecule has 0 aliphatic carbocycles. The number of halogens is 2. The van der Waals surface area contributed by atoms with E-state index in [0.717, 1.165) is 48.7 Å². The van der Waals surface area contributed by atoms with Crippen molar-refractivity contribution in [2.75, 3.05) is 74.0 Å². The van der Waals surface area contributed by atoms with E-state index in [9.17, 15) is 54.7 Å². The van der Waals surface area contributed by atoms with Gasteiger partial charge in [-0.15, -0.1) is 45.3 Å². The predicted octanol–water partition coefficient (Wildman–Crippen LogP) is 7.62. The third kappa shape index (κ3) is 18.5. The number of hydrogen-bond donors (Lipinski definition) is 17. The van der Waals surface area contributed by atoms with Gasteiger partial charge in [0.05, 0.1) is 141 Å². The molecule has 0 bridgehead atoms. The molecular formula is C90H101F2N39O15S4. The summed E-state index contributed by atoms with van der Waals surface area (Å²) in [5, 5.41) is 143. The molecule has 6 fully saturated rings. The van der Waals surface area contributed by atoms with Gasteiger partial charge in [-0.2, -0.15) is 46.0 Å². The van der Waals surface area contributed by atoms with E-state index in [-0.39, 0.29) is 61.7 Å². The zero-order chi connectivity index (χ0) is 106. The van der Waals surface area contributed by atoms with E-state index in [1.165, 1.54) is 98.5 Å². The van der Waals surface area contributed by atoms with Crippen LogP contribution in [0.4, 0.5) is 43.7 Å². The first-order valence-electron chi connectivity index (χ1n) is 46.7. The molecule has 24 rings (SSSR count). The monoisotopic (exact) mass is 2130 g/mol. The highest BCUT2D eigenvalue weighted by Gasteiger charge is 2.56. The Hall–Kier alpha value is -14.7. The number of nitrogens with two attached hydrogens (primary N) is 6. The zero-order valence-corrected chi connectivity index (χ0v) is 83.7. The van der Waals surface area contributed by atoms with Crippen LogP contribution in [0.2, 0.25) is 0 Å². The molecule has 0 amide bonds. The number of aliphatic hydroxyl groups is 9. The number of nitrogens with zero attached hydrogens (tertiary/aromatic N) is 31. The summed E-state index contributed by atoms with van der Waals surface area (Å²) in [5.41, 5.74) is 64.1. The topological polar surface area (TPSA) is 794 Å². The van der Waals surface area contributed by atoms with E-state index >= 15 is 0 Å². The number of thiazole rings is 4. The summed E-state index contributed by atoms with van der Waals surface area (Å²) in [5.74, 6) is -0.318. The number of imidazole rings is 1. The van der Waals surface area contributed by atoms with Gasteiger partial charge in [-0.1, -0.05) is 58.7 Å². The van der Waals surface area contributed by atoms with E-state index in [4.69, 9.17) is 73.9 Å². The first kappa shape index (κ1) is 104. The molecule has 150 heavy (non-hydrogen) atoms. The summed E-state index contributed by atoms with van der Waals surface area (Å²) < 4.78 is 74.2. The molecule has 784 valence electrons. The summed E-state index contributed by atoms with van der Waals surface area (Å²) in [6.07, 6.45) is 8.34. The van der Waals surface area contributed by atoms with E-state index < -0.39 is 134 Å². The highest BCUT2D eigenvalue weighted by molar-refractivity contribution is 7.14. The number of hydrogen-bond acceptors (Lipinski definition) is 46. The van der Waals surface area contributed by atoms with Crippen LogP contribution >= 0.6 is 45.3 Å². The van der Waals surface area contributed by atoms with E-state index in [0.29, 0.717) is 107 Å². The Morgan fingerprint density at radius 1 is 0.387 bits per heavy atom. The minimum atomic E-state index is -1.57. The number of ether oxygens (including phenoxy) is 6. The number of azide groups is 2. The fraction of sp³-hybridized carbons (Fsp3) is 0.411. The summed E-state index contributed by atoms with van der Waals surface area (Å²) in [6, 6.07) is 10.9. The number of H-pyrrole nitrogens is 2. The number of anilines is 6. The van der Waals surface area contributed by atoms with Gasteiger partial charge in [0.1, 0.15) is 146 Å². The molecule has 24 atom stereocenters. The van der Waals surface area contributed by atoms with Gasteiger partial charge in [0, 0.05) is 119 Å². The Balaban J connectivity index is 0.000000113. The molecule has 6 saturated heterocycles. The summed E-state index contributed by atoms with van der Waals surface area (Å²) in [6.45, 7) is 11.0. The van der Waals surface area contributed by atoms with Crippen molar-refractivity contribution in [1.29, 1.82) is 0 Å². The van der Waals surface area contributed by atoms with Crippen LogP contribution in [0.1, 0.15) is 119 Å². The average Bonchev–Trinajstić information content (AvgIpc) is 1.58. The van der Waals surface area contributed by atoms with Crippen molar-refractivity contribution in [2.45, 2.75) is 152 Å². The number of aromatic amines is 2. The van der Waals surface area contributed by atoms with Crippen molar-refractivity contribution in [2.24, 2.45) is 51.7 Å². The molecule has 0 radical (unpaired) electrons. The SMILES string of the molecule is C[C@H]1[C@H](F)[C@H](c2cc(-c3cn[nH]n3)c3c(N)ncnn23)O[C@@H]1CO.C[C@H]1[C@H](F)[C@H](c2cc(-c3nccs3)c3c(N)ncnn23)O[C@@H]1CO.C[C@H]1[C@H](O)[C@H](c2cc(-c3cnc[nH]3)c3c(N)ncnn23)O[C@@H]1CO.C[C@H]1[C@H](O)[C@H](c2cc(-c3nccs3)c3c(N)ncnn23)O[C@@H]1CO.C[C@H]1[C@H](O)[C@H](c2cc(-c3nccs3)c3c(N)ncnn23)O[C@@]1(CO)N=[N+]=[N-].C[C@H]1[C@H](c2cc(-c3nccs3)c3c(N)ncnn23)O[C@@](CO)(N=[N+]=[N-])[C@H]1C. The molecule has 23 N–H and O–H groups in total. The Morgan fingerprint density at radius 3 is 1.00 bits per heavy atom. The molecule has 54 nitrogen and oxygen atoms in total. The van der Waals surface area contributed by atoms with Crippen molar-refractivity contribution < 1.29 is 83.2 Å². The van der Waals surface area contributed by atoms with Crippen molar-refractivity contribution in [3.05, 3.63) is 194 Å². The summed E-state index contributed by atoms with van der Waals surface area (Å²) in [7, 11) is 0. The molecule has 6 aliphatic heterocycles. The molecule has 0 unspecified atom stereocenters. The molecule has 0 aromatic carbocycles. The molecule has 0 spiro atoms. The van der Waals surface area contributed by atoms with Gasteiger partial charge in [0.25, 0.3) is 0 Å². The van der Waals surface area contributed by atoms with Crippen LogP contribution in [-0.4, -0.2) is 285 Å². The lowest BCUT2D eigenvalue weighted by molar-refractivity contribution is -0.0882. The van der Waals surface area contributed by atoms with Crippen molar-refractivity contribution >= 4 is 113 Å². The lowest BCUT2D eigenvalue weighted by Gasteiger charge is -2.25. The van der Waals surface area contributed by atoms with Gasteiger partial charge in [-0.05, 0) is 59.3 Å². The fourth-order valence-electron chi connectivity index (χ4n) is 19.7. The largest absolute Gasteiger partial charge is 0.394 e.